The van der Waals surface area contributed by atoms with Crippen molar-refractivity contribution in [2.45, 2.75) is 13.8 Å². The number of aryl methyl sites for hydroxylation is 1. The first-order valence-electron chi connectivity index (χ1n) is 3.00. The van der Waals surface area contributed by atoms with Gasteiger partial charge < -0.3 is 0 Å². The highest BCUT2D eigenvalue weighted by Gasteiger charge is 1.98. The molecule has 0 bridgehead atoms. The van der Waals surface area contributed by atoms with Gasteiger partial charge in [0.05, 0.1) is 0 Å². The zero-order chi connectivity index (χ0) is 8.27. The van der Waals surface area contributed by atoms with E-state index in [9.17, 15) is 4.79 Å². The van der Waals surface area contributed by atoms with E-state index < -0.39 is 0 Å². The molecule has 0 radical (unpaired) electrons. The molecular weight excluding hydrogens is 146 g/mol. The smallest absolute Gasteiger partial charge is 0.268 e. The van der Waals surface area contributed by atoms with Crippen LogP contribution in [-0.2, 0) is 4.79 Å². The predicted molar refractivity (Wildman–Crippen MR) is 36.7 cm³/mol. The number of nitrogens with one attached hydrogen (secondary N) is 1. The lowest BCUT2D eigenvalue weighted by Gasteiger charge is -1.95. The number of carbonyl (C=O) groups is 1. The Hall–Kier alpha value is -1.59. The van der Waals surface area contributed by atoms with E-state index in [1.165, 1.54) is 6.92 Å². The summed E-state index contributed by atoms with van der Waals surface area (Å²) >= 11 is 0. The van der Waals surface area contributed by atoms with Crippen molar-refractivity contribution in [2.24, 2.45) is 0 Å². The number of carbonyl (C=O) groups excluding carboxylic acids is 1. The molecule has 1 aromatic heterocycles. The average Bonchev–Trinajstić information content (AvgIpc) is 1.93. The third-order valence-corrected chi connectivity index (χ3v) is 0.867. The Morgan fingerprint density at radius 2 is 1.82 bits per heavy atom. The maximum atomic E-state index is 10.5. The third-order valence-electron chi connectivity index (χ3n) is 0.867. The molecule has 0 saturated heterocycles. The summed E-state index contributed by atoms with van der Waals surface area (Å²) in [7, 11) is 0. The van der Waals surface area contributed by atoms with Crippen molar-refractivity contribution in [3.05, 3.63) is 5.82 Å². The summed E-state index contributed by atoms with van der Waals surface area (Å²) in [6, 6.07) is 0. The van der Waals surface area contributed by atoms with Gasteiger partial charge in [-0.05, 0) is 6.92 Å². The lowest BCUT2D eigenvalue weighted by Crippen LogP contribution is -2.11. The summed E-state index contributed by atoms with van der Waals surface area (Å²) in [5, 5.41) is 16.7. The van der Waals surface area contributed by atoms with Crippen molar-refractivity contribution in [1.29, 1.82) is 0 Å². The van der Waals surface area contributed by atoms with Gasteiger partial charge in [0, 0.05) is 6.92 Å². The fourth-order valence-electron chi connectivity index (χ4n) is 0.487. The van der Waals surface area contributed by atoms with Crippen LogP contribution in [0.1, 0.15) is 12.7 Å². The van der Waals surface area contributed by atoms with E-state index in [-0.39, 0.29) is 11.9 Å². The van der Waals surface area contributed by atoms with E-state index in [1.54, 1.807) is 6.92 Å². The molecule has 58 valence electrons. The molecule has 0 aliphatic rings. The van der Waals surface area contributed by atoms with E-state index in [2.05, 4.69) is 25.7 Å². The molecule has 1 amide bonds. The van der Waals surface area contributed by atoms with Crippen molar-refractivity contribution in [2.75, 3.05) is 5.32 Å². The minimum absolute atomic E-state index is 0.128. The fraction of sp³-hybridized carbons (Fsp3) is 0.400. The van der Waals surface area contributed by atoms with Gasteiger partial charge in [0.1, 0.15) is 0 Å². The Kier molecular flexibility index (Phi) is 2.05. The van der Waals surface area contributed by atoms with Crippen LogP contribution in [0.15, 0.2) is 0 Å². The van der Waals surface area contributed by atoms with Gasteiger partial charge in [-0.3, -0.25) is 10.1 Å². The summed E-state index contributed by atoms with van der Waals surface area (Å²) in [5.74, 6) is 0.361. The van der Waals surface area contributed by atoms with Crippen LogP contribution >= 0.6 is 0 Å². The van der Waals surface area contributed by atoms with E-state index >= 15 is 0 Å². The first-order chi connectivity index (χ1) is 5.18. The van der Waals surface area contributed by atoms with Crippen LogP contribution in [0.3, 0.4) is 0 Å². The zero-order valence-electron chi connectivity index (χ0n) is 6.20. The first kappa shape index (κ1) is 7.52. The summed E-state index contributed by atoms with van der Waals surface area (Å²) in [6.07, 6.45) is 0. The van der Waals surface area contributed by atoms with Crippen molar-refractivity contribution < 1.29 is 4.79 Å². The number of anilines is 1. The highest BCUT2D eigenvalue weighted by atomic mass is 16.1. The number of aromatic nitrogens is 4. The second kappa shape index (κ2) is 3.00. The summed E-state index contributed by atoms with van der Waals surface area (Å²) in [5.41, 5.74) is 0. The second-order valence-corrected chi connectivity index (χ2v) is 1.95. The first-order valence-corrected chi connectivity index (χ1v) is 3.00. The van der Waals surface area contributed by atoms with Crippen LogP contribution in [-0.4, -0.2) is 26.3 Å². The van der Waals surface area contributed by atoms with Crippen LogP contribution in [0.25, 0.3) is 0 Å². The molecule has 0 aliphatic carbocycles. The Morgan fingerprint density at radius 1 is 1.27 bits per heavy atom. The maximum absolute atomic E-state index is 10.5. The van der Waals surface area contributed by atoms with Gasteiger partial charge in [-0.25, -0.2) is 0 Å². The zero-order valence-corrected chi connectivity index (χ0v) is 6.20. The number of amides is 1. The third kappa shape index (κ3) is 2.24. The van der Waals surface area contributed by atoms with E-state index in [4.69, 9.17) is 0 Å². The van der Waals surface area contributed by atoms with E-state index in [0.717, 1.165) is 0 Å². The number of hydrogen-bond acceptors (Lipinski definition) is 5. The van der Waals surface area contributed by atoms with Gasteiger partial charge >= 0.3 is 0 Å². The lowest BCUT2D eigenvalue weighted by molar-refractivity contribution is -0.114. The molecule has 6 nitrogen and oxygen atoms in total. The summed E-state index contributed by atoms with van der Waals surface area (Å²) in [4.78, 5) is 10.5. The normalized spacial score (nSPS) is 9.27. The van der Waals surface area contributed by atoms with Gasteiger partial charge in [0.15, 0.2) is 5.82 Å². The van der Waals surface area contributed by atoms with Crippen LogP contribution < -0.4 is 5.32 Å². The standard InChI is InChI=1S/C5H7N5O/c1-3-7-9-5(10-8-3)6-4(2)11/h1-2H3,(H,6,9,10,11). The van der Waals surface area contributed by atoms with E-state index in [1.807, 2.05) is 0 Å². The van der Waals surface area contributed by atoms with Gasteiger partial charge in [-0.15, -0.1) is 20.4 Å². The quantitative estimate of drug-likeness (QED) is 0.590. The average molecular weight is 153 g/mol. The SMILES string of the molecule is CC(=O)Nc1nnc(C)nn1. The van der Waals surface area contributed by atoms with Crippen molar-refractivity contribution in [3.63, 3.8) is 0 Å². The Morgan fingerprint density at radius 3 is 2.27 bits per heavy atom. The van der Waals surface area contributed by atoms with Crippen LogP contribution in [0.4, 0.5) is 5.95 Å². The molecule has 0 aliphatic heterocycles. The van der Waals surface area contributed by atoms with Gasteiger partial charge in [-0.2, -0.15) is 0 Å². The highest BCUT2D eigenvalue weighted by molar-refractivity contribution is 5.86. The molecule has 0 aromatic carbocycles. The largest absolute Gasteiger partial charge is 0.292 e. The maximum Gasteiger partial charge on any atom is 0.268 e. The van der Waals surface area contributed by atoms with E-state index in [0.29, 0.717) is 5.82 Å². The molecular formula is C5H7N5O. The summed E-state index contributed by atoms with van der Waals surface area (Å²) in [6.45, 7) is 3.03. The van der Waals surface area contributed by atoms with Gasteiger partial charge in [-0.1, -0.05) is 0 Å². The Labute approximate surface area is 63.1 Å². The van der Waals surface area contributed by atoms with Crippen LogP contribution in [0.5, 0.6) is 0 Å². The molecule has 0 fully saturated rings. The topological polar surface area (TPSA) is 80.7 Å². The number of nitrogens with zero attached hydrogens (tertiary/aromatic N) is 4. The number of hydrogen-bond donors (Lipinski definition) is 1. The Balaban J connectivity index is 2.74. The molecule has 0 atom stereocenters. The lowest BCUT2D eigenvalue weighted by atomic mass is 10.7. The van der Waals surface area contributed by atoms with Gasteiger partial charge in [0.25, 0.3) is 5.95 Å². The molecule has 1 N–H and O–H groups in total. The van der Waals surface area contributed by atoms with Crippen molar-refractivity contribution in [1.82, 2.24) is 20.4 Å². The second-order valence-electron chi connectivity index (χ2n) is 1.95. The summed E-state index contributed by atoms with van der Waals surface area (Å²) < 4.78 is 0. The van der Waals surface area contributed by atoms with Gasteiger partial charge in [0.2, 0.25) is 5.91 Å². The Bertz CT molecular complexity index is 256. The minimum atomic E-state index is -0.238. The predicted octanol–water partition coefficient (Wildman–Crippen LogP) is -0.467. The van der Waals surface area contributed by atoms with Crippen molar-refractivity contribution in [3.8, 4) is 0 Å². The minimum Gasteiger partial charge on any atom is -0.292 e. The molecule has 1 rings (SSSR count). The molecule has 0 unspecified atom stereocenters. The monoisotopic (exact) mass is 153 g/mol. The molecule has 6 heteroatoms. The van der Waals surface area contributed by atoms with Crippen LogP contribution in [0.2, 0.25) is 0 Å². The molecule has 11 heavy (non-hydrogen) atoms. The van der Waals surface area contributed by atoms with Crippen LogP contribution in [0, 0.1) is 6.92 Å². The molecule has 0 saturated carbocycles. The van der Waals surface area contributed by atoms with Crippen molar-refractivity contribution >= 4 is 11.9 Å². The fourth-order valence-corrected chi connectivity index (χ4v) is 0.487. The molecule has 1 heterocycles. The number of rotatable bonds is 1. The molecule has 0 spiro atoms. The molecule has 1 aromatic rings. The highest BCUT2D eigenvalue weighted by Crippen LogP contribution is 1.90.